The smallest absolute Gasteiger partial charge is 0.169 e. The van der Waals surface area contributed by atoms with Gasteiger partial charge in [-0.15, -0.1) is 0 Å². The second-order valence-corrected chi connectivity index (χ2v) is 9.97. The van der Waals surface area contributed by atoms with Crippen LogP contribution in [0.5, 0.6) is 0 Å². The monoisotopic (exact) mass is 362 g/mol. The van der Waals surface area contributed by atoms with Crippen LogP contribution in [0.4, 0.5) is 0 Å². The van der Waals surface area contributed by atoms with Crippen molar-refractivity contribution < 1.29 is 14.3 Å². The summed E-state index contributed by atoms with van der Waals surface area (Å²) in [4.78, 5) is 26.1. The van der Waals surface area contributed by atoms with Gasteiger partial charge in [-0.25, -0.2) is 0 Å². The molecule has 3 saturated carbocycles. The van der Waals surface area contributed by atoms with Gasteiger partial charge in [-0.2, -0.15) is 0 Å². The Morgan fingerprint density at radius 3 is 2.52 bits per heavy atom. The molecule has 3 fully saturated rings. The summed E-state index contributed by atoms with van der Waals surface area (Å²) in [6, 6.07) is 0. The summed E-state index contributed by atoms with van der Waals surface area (Å²) in [7, 11) is 1.70. The molecular weight excluding hydrogens is 332 g/mol. The van der Waals surface area contributed by atoms with E-state index in [1.165, 1.54) is 5.57 Å². The average Bonchev–Trinajstić information content (AvgIpc) is 2.90. The molecule has 0 aromatic carbocycles. The SMILES string of the molecule is COCSC1=C2CC[C@@H]3[C@@H](CC[C@]4(C)C(=O)CC[C@@H]34)[C@@]2(C)CCC1=O. The molecule has 0 radical (unpaired) electrons. The molecule has 4 aliphatic rings. The maximum Gasteiger partial charge on any atom is 0.169 e. The van der Waals surface area contributed by atoms with Crippen LogP contribution in [0, 0.1) is 28.6 Å². The minimum absolute atomic E-state index is 0.0587. The van der Waals surface area contributed by atoms with Gasteiger partial charge in [0.05, 0.1) is 10.8 Å². The summed E-state index contributed by atoms with van der Waals surface area (Å²) >= 11 is 1.60. The van der Waals surface area contributed by atoms with E-state index in [1.54, 1.807) is 18.9 Å². The number of carbonyl (C=O) groups excluding carboxylic acids is 2. The number of allylic oxidation sites excluding steroid dienone is 1. The first-order chi connectivity index (χ1) is 11.9. The van der Waals surface area contributed by atoms with Crippen LogP contribution in [0.3, 0.4) is 0 Å². The van der Waals surface area contributed by atoms with Crippen LogP contribution in [0.1, 0.15) is 65.2 Å². The van der Waals surface area contributed by atoms with E-state index in [9.17, 15) is 9.59 Å². The number of hydrogen-bond acceptors (Lipinski definition) is 4. The van der Waals surface area contributed by atoms with Crippen LogP contribution in [0.15, 0.2) is 10.5 Å². The number of thioether (sulfide) groups is 1. The van der Waals surface area contributed by atoms with E-state index in [1.807, 2.05) is 0 Å². The summed E-state index contributed by atoms with van der Waals surface area (Å²) in [5.74, 6) is 3.28. The summed E-state index contributed by atoms with van der Waals surface area (Å²) < 4.78 is 5.23. The van der Waals surface area contributed by atoms with E-state index in [-0.39, 0.29) is 10.8 Å². The van der Waals surface area contributed by atoms with Gasteiger partial charge >= 0.3 is 0 Å². The van der Waals surface area contributed by atoms with Crippen LogP contribution in [-0.4, -0.2) is 24.6 Å². The number of ether oxygens (including phenoxy) is 1. The molecule has 4 aliphatic carbocycles. The Labute approximate surface area is 155 Å². The molecule has 0 aromatic heterocycles. The van der Waals surface area contributed by atoms with Gasteiger partial charge in [0.1, 0.15) is 5.78 Å². The molecule has 4 heteroatoms. The van der Waals surface area contributed by atoms with Crippen molar-refractivity contribution in [2.75, 3.05) is 13.0 Å². The van der Waals surface area contributed by atoms with E-state index in [4.69, 9.17) is 4.74 Å². The Hall–Kier alpha value is -0.610. The number of carbonyl (C=O) groups is 2. The molecule has 5 atom stereocenters. The zero-order chi connectivity index (χ0) is 17.8. The maximum absolute atomic E-state index is 12.6. The van der Waals surface area contributed by atoms with Gasteiger partial charge in [0, 0.05) is 25.4 Å². The van der Waals surface area contributed by atoms with Crippen molar-refractivity contribution in [3.63, 3.8) is 0 Å². The predicted molar refractivity (Wildman–Crippen MR) is 100 cm³/mol. The Kier molecular flexibility index (Phi) is 4.43. The minimum Gasteiger partial charge on any atom is -0.374 e. The van der Waals surface area contributed by atoms with Gasteiger partial charge in [0.2, 0.25) is 0 Å². The zero-order valence-corrected chi connectivity index (χ0v) is 16.5. The summed E-state index contributed by atoms with van der Waals surface area (Å²) in [5.41, 5.74) is 1.51. The molecule has 0 amide bonds. The van der Waals surface area contributed by atoms with Gasteiger partial charge in [0.15, 0.2) is 5.78 Å². The lowest BCUT2D eigenvalue weighted by atomic mass is 9.47. The number of rotatable bonds is 3. The molecule has 0 unspecified atom stereocenters. The van der Waals surface area contributed by atoms with Crippen molar-refractivity contribution in [2.24, 2.45) is 28.6 Å². The Balaban J connectivity index is 1.69. The fourth-order valence-electron chi connectivity index (χ4n) is 6.72. The molecule has 138 valence electrons. The lowest BCUT2D eigenvalue weighted by Crippen LogP contribution is -2.51. The second-order valence-electron chi connectivity index (χ2n) is 9.03. The number of methoxy groups -OCH3 is 1. The van der Waals surface area contributed by atoms with E-state index < -0.39 is 0 Å². The first-order valence-electron chi connectivity index (χ1n) is 9.83. The van der Waals surface area contributed by atoms with Crippen molar-refractivity contribution in [2.45, 2.75) is 65.2 Å². The first kappa shape index (κ1) is 17.8. The highest BCUT2D eigenvalue weighted by Crippen LogP contribution is 2.65. The summed E-state index contributed by atoms with van der Waals surface area (Å²) in [5, 5.41) is 0. The van der Waals surface area contributed by atoms with Gasteiger partial charge in [-0.05, 0) is 67.3 Å². The zero-order valence-electron chi connectivity index (χ0n) is 15.7. The number of fused-ring (bicyclic) bond motifs is 5. The van der Waals surface area contributed by atoms with Crippen molar-refractivity contribution in [3.05, 3.63) is 10.5 Å². The Bertz CT molecular complexity index is 639. The van der Waals surface area contributed by atoms with Crippen LogP contribution >= 0.6 is 11.8 Å². The van der Waals surface area contributed by atoms with E-state index >= 15 is 0 Å². The quantitative estimate of drug-likeness (QED) is 0.679. The molecule has 0 bridgehead atoms. The van der Waals surface area contributed by atoms with Crippen LogP contribution in [0.2, 0.25) is 0 Å². The van der Waals surface area contributed by atoms with E-state index in [0.29, 0.717) is 41.7 Å². The normalized spacial score (nSPS) is 43.7. The van der Waals surface area contributed by atoms with Gasteiger partial charge in [-0.3, -0.25) is 9.59 Å². The van der Waals surface area contributed by atoms with Crippen LogP contribution in [0.25, 0.3) is 0 Å². The molecule has 0 aliphatic heterocycles. The van der Waals surface area contributed by atoms with E-state index in [2.05, 4.69) is 13.8 Å². The highest BCUT2D eigenvalue weighted by molar-refractivity contribution is 8.03. The molecule has 0 spiro atoms. The maximum atomic E-state index is 12.6. The third-order valence-electron chi connectivity index (χ3n) is 8.10. The lowest BCUT2D eigenvalue weighted by molar-refractivity contribution is -0.132. The number of ketones is 2. The molecule has 4 rings (SSSR count). The number of hydrogen-bond donors (Lipinski definition) is 0. The van der Waals surface area contributed by atoms with Crippen molar-refractivity contribution in [1.29, 1.82) is 0 Å². The van der Waals surface area contributed by atoms with Gasteiger partial charge < -0.3 is 4.74 Å². The number of Topliss-reactive ketones (excluding diaryl/α,β-unsaturated/α-hetero) is 2. The van der Waals surface area contributed by atoms with E-state index in [0.717, 1.165) is 49.9 Å². The molecule has 0 heterocycles. The molecule has 0 saturated heterocycles. The fourth-order valence-corrected chi connectivity index (χ4v) is 7.73. The van der Waals surface area contributed by atoms with Gasteiger partial charge in [-0.1, -0.05) is 25.6 Å². The standard InChI is InChI=1S/C21H30O3S/c1-20-11-9-17(22)19(25-12-24-3)16(20)5-4-13-14-6-7-18(23)21(14,2)10-8-15(13)20/h13-15H,4-12H2,1-3H3/t13-,14-,15+,20+,21-/m0/s1. The van der Waals surface area contributed by atoms with Crippen LogP contribution in [-0.2, 0) is 14.3 Å². The largest absolute Gasteiger partial charge is 0.374 e. The van der Waals surface area contributed by atoms with Crippen molar-refractivity contribution >= 4 is 23.3 Å². The third-order valence-corrected chi connectivity index (χ3v) is 9.22. The first-order valence-corrected chi connectivity index (χ1v) is 10.8. The highest BCUT2D eigenvalue weighted by atomic mass is 32.2. The average molecular weight is 363 g/mol. The Morgan fingerprint density at radius 2 is 1.76 bits per heavy atom. The second kappa shape index (κ2) is 6.23. The topological polar surface area (TPSA) is 43.4 Å². The molecule has 0 N–H and O–H groups in total. The summed E-state index contributed by atoms with van der Waals surface area (Å²) in [6.07, 6.45) is 7.96. The highest BCUT2D eigenvalue weighted by Gasteiger charge is 2.59. The molecular formula is C21H30O3S. The lowest BCUT2D eigenvalue weighted by Gasteiger charge is -2.57. The van der Waals surface area contributed by atoms with Gasteiger partial charge in [0.25, 0.3) is 0 Å². The summed E-state index contributed by atoms with van der Waals surface area (Å²) in [6.45, 7) is 4.65. The predicted octanol–water partition coefficient (Wildman–Crippen LogP) is 4.75. The molecule has 0 aromatic rings. The third kappa shape index (κ3) is 2.50. The Morgan fingerprint density at radius 1 is 1.00 bits per heavy atom. The van der Waals surface area contributed by atoms with Crippen LogP contribution < -0.4 is 0 Å². The van der Waals surface area contributed by atoms with Crippen molar-refractivity contribution in [3.8, 4) is 0 Å². The fraction of sp³-hybridized carbons (Fsp3) is 0.810. The molecule has 25 heavy (non-hydrogen) atoms. The van der Waals surface area contributed by atoms with Crippen molar-refractivity contribution in [1.82, 2.24) is 0 Å². The molecule has 3 nitrogen and oxygen atoms in total. The minimum atomic E-state index is -0.0587.